The number of carboxylic acid groups (broad SMARTS) is 1. The third kappa shape index (κ3) is 1.07. The maximum atomic E-state index is 11.3. The van der Waals surface area contributed by atoms with Gasteiger partial charge in [-0.3, -0.25) is 9.63 Å². The van der Waals surface area contributed by atoms with Gasteiger partial charge in [0.1, 0.15) is 12.0 Å². The van der Waals surface area contributed by atoms with Gasteiger partial charge in [0.25, 0.3) is 0 Å². The van der Waals surface area contributed by atoms with Crippen molar-refractivity contribution in [2.24, 2.45) is 5.92 Å². The fourth-order valence-electron chi connectivity index (χ4n) is 1.72. The molecule has 1 N–H and O–H groups in total. The number of carbonyl (C=O) groups is 2. The molecule has 0 saturated carbocycles. The third-order valence-electron chi connectivity index (χ3n) is 2.36. The molecule has 1 saturated heterocycles. The van der Waals surface area contributed by atoms with Crippen LogP contribution in [0, 0.1) is 5.92 Å². The van der Waals surface area contributed by atoms with Crippen LogP contribution in [0.4, 0.5) is 0 Å². The van der Waals surface area contributed by atoms with Gasteiger partial charge in [0.15, 0.2) is 6.04 Å². The molecular weight excluding hydrogens is 190 g/mol. The van der Waals surface area contributed by atoms with Crippen molar-refractivity contribution < 1.29 is 24.3 Å². The van der Waals surface area contributed by atoms with Crippen molar-refractivity contribution in [1.82, 2.24) is 5.06 Å². The highest BCUT2D eigenvalue weighted by molar-refractivity contribution is 5.85. The summed E-state index contributed by atoms with van der Waals surface area (Å²) < 4.78 is 4.52. The smallest absolute Gasteiger partial charge is 0.329 e. The van der Waals surface area contributed by atoms with Crippen molar-refractivity contribution in [3.05, 3.63) is 12.3 Å². The van der Waals surface area contributed by atoms with Crippen LogP contribution >= 0.6 is 0 Å². The molecule has 2 aliphatic heterocycles. The highest BCUT2D eigenvalue weighted by atomic mass is 16.7. The van der Waals surface area contributed by atoms with Gasteiger partial charge in [-0.25, -0.2) is 9.86 Å². The molecule has 6 heteroatoms. The van der Waals surface area contributed by atoms with Crippen LogP contribution in [0.3, 0.4) is 0 Å². The van der Waals surface area contributed by atoms with Gasteiger partial charge in [0.2, 0.25) is 0 Å². The first-order chi connectivity index (χ1) is 6.65. The highest BCUT2D eigenvalue weighted by Crippen LogP contribution is 2.34. The summed E-state index contributed by atoms with van der Waals surface area (Å²) >= 11 is 0. The van der Waals surface area contributed by atoms with Gasteiger partial charge < -0.3 is 9.84 Å². The Morgan fingerprint density at radius 2 is 2.29 bits per heavy atom. The number of rotatable bonds is 2. The Labute approximate surface area is 79.7 Å². The van der Waals surface area contributed by atoms with Gasteiger partial charge in [-0.05, 0) is 6.08 Å². The molecule has 3 unspecified atom stereocenters. The number of fused-ring (bicyclic) bond motifs is 2. The number of hydrogen-bond acceptors (Lipinski definition) is 5. The number of aliphatic carboxylic acids is 1. The monoisotopic (exact) mass is 199 g/mol. The largest absolute Gasteiger partial charge is 0.480 e. The predicted octanol–water partition coefficient (Wildman–Crippen LogP) is -0.628. The first kappa shape index (κ1) is 9.01. The zero-order chi connectivity index (χ0) is 10.3. The molecule has 3 atom stereocenters. The minimum atomic E-state index is -1.09. The lowest BCUT2D eigenvalue weighted by Gasteiger charge is -2.20. The van der Waals surface area contributed by atoms with E-state index in [1.54, 1.807) is 6.08 Å². The molecule has 0 aromatic carbocycles. The van der Waals surface area contributed by atoms with Gasteiger partial charge >= 0.3 is 11.9 Å². The van der Waals surface area contributed by atoms with Crippen molar-refractivity contribution in [3.63, 3.8) is 0 Å². The number of hydroxylamine groups is 2. The van der Waals surface area contributed by atoms with Crippen LogP contribution in [-0.2, 0) is 19.2 Å². The Hall–Kier alpha value is -1.56. The van der Waals surface area contributed by atoms with Crippen LogP contribution in [0.5, 0.6) is 0 Å². The molecule has 0 spiro atoms. The van der Waals surface area contributed by atoms with Crippen LogP contribution in [0.2, 0.25) is 0 Å². The topological polar surface area (TPSA) is 76.1 Å². The van der Waals surface area contributed by atoms with Gasteiger partial charge in [-0.2, -0.15) is 0 Å². The molecule has 0 aliphatic carbocycles. The number of esters is 1. The maximum Gasteiger partial charge on any atom is 0.329 e. The second-order valence-electron chi connectivity index (χ2n) is 3.10. The number of methoxy groups -OCH3 is 1. The second-order valence-corrected chi connectivity index (χ2v) is 3.10. The van der Waals surface area contributed by atoms with E-state index in [1.807, 2.05) is 0 Å². The number of hydrogen-bond donors (Lipinski definition) is 1. The highest BCUT2D eigenvalue weighted by Gasteiger charge is 2.53. The molecule has 0 aromatic heterocycles. The quantitative estimate of drug-likeness (QED) is 0.597. The summed E-state index contributed by atoms with van der Waals surface area (Å²) in [4.78, 5) is 27.3. The van der Waals surface area contributed by atoms with E-state index in [2.05, 4.69) is 4.74 Å². The SMILES string of the molecule is COC(=O)C1C2C=CN(O2)C1C(=O)O. The van der Waals surface area contributed by atoms with Crippen molar-refractivity contribution in [1.29, 1.82) is 0 Å². The van der Waals surface area contributed by atoms with Crippen molar-refractivity contribution in [3.8, 4) is 0 Å². The average molecular weight is 199 g/mol. The molecule has 0 amide bonds. The van der Waals surface area contributed by atoms with E-state index in [1.165, 1.54) is 18.4 Å². The minimum absolute atomic E-state index is 0.511. The first-order valence-corrected chi connectivity index (χ1v) is 4.09. The second kappa shape index (κ2) is 2.98. The summed E-state index contributed by atoms with van der Waals surface area (Å²) in [5, 5.41) is 10.1. The summed E-state index contributed by atoms with van der Waals surface area (Å²) in [6.07, 6.45) is 2.65. The molecule has 2 rings (SSSR count). The van der Waals surface area contributed by atoms with E-state index < -0.39 is 30.0 Å². The van der Waals surface area contributed by atoms with Crippen LogP contribution in [0.1, 0.15) is 0 Å². The number of ether oxygens (including phenoxy) is 1. The van der Waals surface area contributed by atoms with Gasteiger partial charge in [-0.15, -0.1) is 0 Å². The van der Waals surface area contributed by atoms with Crippen molar-refractivity contribution in [2.75, 3.05) is 7.11 Å². The average Bonchev–Trinajstić information content (AvgIpc) is 2.74. The lowest BCUT2D eigenvalue weighted by atomic mass is 9.93. The van der Waals surface area contributed by atoms with E-state index in [9.17, 15) is 9.59 Å². The summed E-state index contributed by atoms with van der Waals surface area (Å²) in [5.74, 6) is -2.43. The number of carboxylic acids is 1. The summed E-state index contributed by atoms with van der Waals surface area (Å²) in [6.45, 7) is 0. The Kier molecular flexibility index (Phi) is 1.92. The number of nitrogens with zero attached hydrogens (tertiary/aromatic N) is 1. The van der Waals surface area contributed by atoms with E-state index >= 15 is 0 Å². The molecule has 2 heterocycles. The van der Waals surface area contributed by atoms with E-state index in [4.69, 9.17) is 9.94 Å². The van der Waals surface area contributed by atoms with Gasteiger partial charge in [-0.1, -0.05) is 0 Å². The van der Waals surface area contributed by atoms with Crippen molar-refractivity contribution in [2.45, 2.75) is 12.1 Å². The van der Waals surface area contributed by atoms with E-state index in [-0.39, 0.29) is 0 Å². The zero-order valence-corrected chi connectivity index (χ0v) is 7.41. The van der Waals surface area contributed by atoms with Gasteiger partial charge in [0.05, 0.1) is 7.11 Å². The maximum absolute atomic E-state index is 11.3. The predicted molar refractivity (Wildman–Crippen MR) is 42.8 cm³/mol. The third-order valence-corrected chi connectivity index (χ3v) is 2.36. The number of carbonyl (C=O) groups excluding carboxylic acids is 1. The van der Waals surface area contributed by atoms with E-state index in [0.29, 0.717) is 0 Å². The van der Waals surface area contributed by atoms with Crippen molar-refractivity contribution >= 4 is 11.9 Å². The molecule has 2 bridgehead atoms. The molecule has 2 aliphatic rings. The summed E-state index contributed by atoms with van der Waals surface area (Å²) in [7, 11) is 1.23. The van der Waals surface area contributed by atoms with Gasteiger partial charge in [0, 0.05) is 6.20 Å². The van der Waals surface area contributed by atoms with E-state index in [0.717, 1.165) is 0 Å². The molecule has 1 fully saturated rings. The molecule has 14 heavy (non-hydrogen) atoms. The van der Waals surface area contributed by atoms with Crippen LogP contribution in [0.15, 0.2) is 12.3 Å². The summed E-state index contributed by atoms with van der Waals surface area (Å²) in [6, 6.07) is -0.975. The molecule has 0 aromatic rings. The standard InChI is InChI=1S/C8H9NO5/c1-13-8(12)5-4-2-3-9(14-4)6(5)7(10)11/h2-6H,1H3,(H,10,11). The fraction of sp³-hybridized carbons (Fsp3) is 0.500. The normalized spacial score (nSPS) is 33.5. The molecule has 0 radical (unpaired) electrons. The lowest BCUT2D eigenvalue weighted by molar-refractivity contribution is -0.157. The Balaban J connectivity index is 2.26. The lowest BCUT2D eigenvalue weighted by Crippen LogP contribution is -2.42. The Morgan fingerprint density at radius 3 is 2.86 bits per heavy atom. The van der Waals surface area contributed by atoms with Crippen LogP contribution in [0.25, 0.3) is 0 Å². The molecular formula is C8H9NO5. The van der Waals surface area contributed by atoms with Crippen LogP contribution in [-0.4, -0.2) is 41.4 Å². The first-order valence-electron chi connectivity index (χ1n) is 4.09. The zero-order valence-electron chi connectivity index (χ0n) is 7.41. The molecule has 6 nitrogen and oxygen atoms in total. The molecule has 76 valence electrons. The Bertz CT molecular complexity index is 313. The fourth-order valence-corrected chi connectivity index (χ4v) is 1.72. The summed E-state index contributed by atoms with van der Waals surface area (Å²) in [5.41, 5.74) is 0. The minimum Gasteiger partial charge on any atom is -0.480 e. The van der Waals surface area contributed by atoms with Crippen LogP contribution < -0.4 is 0 Å². The Morgan fingerprint density at radius 1 is 1.57 bits per heavy atom.